The molecule has 0 N–H and O–H groups in total. The van der Waals surface area contributed by atoms with Gasteiger partial charge in [0.2, 0.25) is 0 Å². The summed E-state index contributed by atoms with van der Waals surface area (Å²) in [5.41, 5.74) is 1.56. The van der Waals surface area contributed by atoms with E-state index in [0.29, 0.717) is 24.5 Å². The molecular weight excluding hydrogens is 274 g/mol. The number of aryl methyl sites for hydroxylation is 1. The van der Waals surface area contributed by atoms with Gasteiger partial charge in [0.1, 0.15) is 24.7 Å². The fourth-order valence-electron chi connectivity index (χ4n) is 1.68. The molecule has 0 saturated heterocycles. The lowest BCUT2D eigenvalue weighted by Crippen LogP contribution is -2.09. The fourth-order valence-corrected chi connectivity index (χ4v) is 1.80. The zero-order valence-corrected chi connectivity index (χ0v) is 11.9. The molecular formula is C16H14ClNO2. The largest absolute Gasteiger partial charge is 0.490 e. The summed E-state index contributed by atoms with van der Waals surface area (Å²) >= 11 is 5.94. The molecule has 0 aliphatic rings. The number of rotatable bonds is 5. The summed E-state index contributed by atoms with van der Waals surface area (Å²) in [5.74, 6) is 1.43. The van der Waals surface area contributed by atoms with Crippen LogP contribution in [0.3, 0.4) is 0 Å². The summed E-state index contributed by atoms with van der Waals surface area (Å²) in [4.78, 5) is 0. The number of nitrogens with zero attached hydrogens (tertiary/aromatic N) is 1. The molecule has 20 heavy (non-hydrogen) atoms. The van der Waals surface area contributed by atoms with Crippen LogP contribution in [0.25, 0.3) is 0 Å². The topological polar surface area (TPSA) is 42.2 Å². The zero-order chi connectivity index (χ0) is 14.4. The lowest BCUT2D eigenvalue weighted by molar-refractivity contribution is 0.217. The molecule has 0 spiro atoms. The van der Waals surface area contributed by atoms with Crippen molar-refractivity contribution in [1.29, 1.82) is 5.26 Å². The molecule has 4 heteroatoms. The van der Waals surface area contributed by atoms with Crippen LogP contribution in [0.2, 0.25) is 5.02 Å². The molecule has 2 aromatic carbocycles. The highest BCUT2D eigenvalue weighted by Crippen LogP contribution is 2.21. The summed E-state index contributed by atoms with van der Waals surface area (Å²) in [7, 11) is 0. The number of benzene rings is 2. The summed E-state index contributed by atoms with van der Waals surface area (Å²) in [5, 5.41) is 9.51. The second-order valence-corrected chi connectivity index (χ2v) is 4.65. The third kappa shape index (κ3) is 3.91. The van der Waals surface area contributed by atoms with Crippen LogP contribution in [-0.4, -0.2) is 13.2 Å². The number of hydrogen-bond acceptors (Lipinski definition) is 3. The van der Waals surface area contributed by atoms with Crippen molar-refractivity contribution in [2.45, 2.75) is 6.92 Å². The summed E-state index contributed by atoms with van der Waals surface area (Å²) in [6, 6.07) is 14.6. The van der Waals surface area contributed by atoms with Crippen LogP contribution in [0.15, 0.2) is 42.5 Å². The van der Waals surface area contributed by atoms with Gasteiger partial charge in [0.25, 0.3) is 0 Å². The molecule has 3 nitrogen and oxygen atoms in total. The molecule has 0 radical (unpaired) electrons. The minimum absolute atomic E-state index is 0.413. The Balaban J connectivity index is 1.81. The molecule has 0 fully saturated rings. The van der Waals surface area contributed by atoms with E-state index in [9.17, 15) is 0 Å². The van der Waals surface area contributed by atoms with Crippen LogP contribution in [0, 0.1) is 18.3 Å². The predicted molar refractivity (Wildman–Crippen MR) is 78.3 cm³/mol. The first kappa shape index (κ1) is 14.2. The van der Waals surface area contributed by atoms with Gasteiger partial charge in [-0.3, -0.25) is 0 Å². The Labute approximate surface area is 123 Å². The summed E-state index contributed by atoms with van der Waals surface area (Å²) in [6.45, 7) is 2.77. The lowest BCUT2D eigenvalue weighted by Gasteiger charge is -2.09. The van der Waals surface area contributed by atoms with E-state index in [0.717, 1.165) is 16.3 Å². The second kappa shape index (κ2) is 6.83. The smallest absolute Gasteiger partial charge is 0.122 e. The van der Waals surface area contributed by atoms with Gasteiger partial charge in [-0.05, 0) is 48.9 Å². The Morgan fingerprint density at radius 3 is 2.40 bits per heavy atom. The van der Waals surface area contributed by atoms with Crippen molar-refractivity contribution >= 4 is 11.6 Å². The minimum Gasteiger partial charge on any atom is -0.490 e. The maximum atomic E-state index is 8.79. The third-order valence-corrected chi connectivity index (χ3v) is 3.14. The number of hydrogen-bond donors (Lipinski definition) is 0. The van der Waals surface area contributed by atoms with Gasteiger partial charge in [-0.2, -0.15) is 5.26 Å². The van der Waals surface area contributed by atoms with Crippen LogP contribution >= 0.6 is 11.6 Å². The number of nitriles is 1. The standard InChI is InChI=1S/C16H14ClNO2/c1-12-9-15(5-6-16(12)17)20-8-7-19-14-4-2-3-13(10-14)11-18/h2-6,9-10H,7-8H2,1H3. The van der Waals surface area contributed by atoms with Crippen molar-refractivity contribution in [3.63, 3.8) is 0 Å². The second-order valence-electron chi connectivity index (χ2n) is 4.25. The molecule has 0 unspecified atom stereocenters. The van der Waals surface area contributed by atoms with Gasteiger partial charge in [-0.25, -0.2) is 0 Å². The van der Waals surface area contributed by atoms with Crippen molar-refractivity contribution in [3.05, 3.63) is 58.6 Å². The Morgan fingerprint density at radius 2 is 1.75 bits per heavy atom. The molecule has 0 aromatic heterocycles. The number of halogens is 1. The van der Waals surface area contributed by atoms with Gasteiger partial charge in [0.15, 0.2) is 0 Å². The van der Waals surface area contributed by atoms with Crippen LogP contribution in [0.4, 0.5) is 0 Å². The fraction of sp³-hybridized carbons (Fsp3) is 0.188. The van der Waals surface area contributed by atoms with Crippen LogP contribution in [0.1, 0.15) is 11.1 Å². The molecule has 102 valence electrons. The highest BCUT2D eigenvalue weighted by molar-refractivity contribution is 6.31. The molecule has 0 saturated carbocycles. The van der Waals surface area contributed by atoms with E-state index in [4.69, 9.17) is 26.3 Å². The van der Waals surface area contributed by atoms with Gasteiger partial charge in [0.05, 0.1) is 11.6 Å². The predicted octanol–water partition coefficient (Wildman–Crippen LogP) is 3.98. The highest BCUT2D eigenvalue weighted by Gasteiger charge is 2.00. The van der Waals surface area contributed by atoms with Crippen molar-refractivity contribution in [1.82, 2.24) is 0 Å². The van der Waals surface area contributed by atoms with E-state index < -0.39 is 0 Å². The molecule has 0 aliphatic heterocycles. The Bertz CT molecular complexity index is 635. The first-order valence-electron chi connectivity index (χ1n) is 6.21. The van der Waals surface area contributed by atoms with Crippen LogP contribution in [0.5, 0.6) is 11.5 Å². The van der Waals surface area contributed by atoms with Crippen LogP contribution in [-0.2, 0) is 0 Å². The molecule has 2 rings (SSSR count). The van der Waals surface area contributed by atoms with Gasteiger partial charge < -0.3 is 9.47 Å². The highest BCUT2D eigenvalue weighted by atomic mass is 35.5. The van der Waals surface area contributed by atoms with E-state index in [-0.39, 0.29) is 0 Å². The summed E-state index contributed by atoms with van der Waals surface area (Å²) < 4.78 is 11.1. The quantitative estimate of drug-likeness (QED) is 0.781. The maximum absolute atomic E-state index is 8.79. The lowest BCUT2D eigenvalue weighted by atomic mass is 10.2. The third-order valence-electron chi connectivity index (χ3n) is 2.71. The molecule has 0 bridgehead atoms. The average molecular weight is 288 g/mol. The van der Waals surface area contributed by atoms with Gasteiger partial charge in [-0.15, -0.1) is 0 Å². The van der Waals surface area contributed by atoms with E-state index in [1.54, 1.807) is 18.2 Å². The first-order chi connectivity index (χ1) is 9.69. The molecule has 2 aromatic rings. The van der Waals surface area contributed by atoms with E-state index in [1.165, 1.54) is 0 Å². The summed E-state index contributed by atoms with van der Waals surface area (Å²) in [6.07, 6.45) is 0. The number of ether oxygens (including phenoxy) is 2. The average Bonchev–Trinajstić information content (AvgIpc) is 2.47. The van der Waals surface area contributed by atoms with Crippen molar-refractivity contribution in [3.8, 4) is 17.6 Å². The normalized spacial score (nSPS) is 9.85. The Hall–Kier alpha value is -2.18. The minimum atomic E-state index is 0.413. The van der Waals surface area contributed by atoms with Crippen molar-refractivity contribution in [2.24, 2.45) is 0 Å². The zero-order valence-electron chi connectivity index (χ0n) is 11.1. The van der Waals surface area contributed by atoms with E-state index in [2.05, 4.69) is 6.07 Å². The molecule has 0 aliphatic carbocycles. The first-order valence-corrected chi connectivity index (χ1v) is 6.59. The van der Waals surface area contributed by atoms with E-state index >= 15 is 0 Å². The van der Waals surface area contributed by atoms with Gasteiger partial charge in [-0.1, -0.05) is 17.7 Å². The van der Waals surface area contributed by atoms with Crippen molar-refractivity contribution < 1.29 is 9.47 Å². The van der Waals surface area contributed by atoms with Crippen molar-refractivity contribution in [2.75, 3.05) is 13.2 Å². The molecule has 0 amide bonds. The van der Waals surface area contributed by atoms with Crippen LogP contribution < -0.4 is 9.47 Å². The van der Waals surface area contributed by atoms with Gasteiger partial charge in [0, 0.05) is 5.02 Å². The Morgan fingerprint density at radius 1 is 1.05 bits per heavy atom. The Kier molecular flexibility index (Phi) is 4.86. The monoisotopic (exact) mass is 287 g/mol. The maximum Gasteiger partial charge on any atom is 0.122 e. The van der Waals surface area contributed by atoms with Gasteiger partial charge >= 0.3 is 0 Å². The van der Waals surface area contributed by atoms with E-state index in [1.807, 2.05) is 31.2 Å². The molecule has 0 heterocycles. The molecule has 0 atom stereocenters. The SMILES string of the molecule is Cc1cc(OCCOc2cccc(C#N)c2)ccc1Cl.